The van der Waals surface area contributed by atoms with Crippen molar-refractivity contribution in [1.82, 2.24) is 4.90 Å². The zero-order valence-electron chi connectivity index (χ0n) is 13.2. The number of carbonyl (C=O) groups excluding carboxylic acids is 1. The summed E-state index contributed by atoms with van der Waals surface area (Å²) in [4.78, 5) is 14.7. The minimum atomic E-state index is 0.0105. The molecule has 1 saturated carbocycles. The number of carbonyl (C=O) groups is 1. The van der Waals surface area contributed by atoms with Crippen molar-refractivity contribution in [1.29, 1.82) is 0 Å². The van der Waals surface area contributed by atoms with E-state index in [1.165, 1.54) is 23.1 Å². The molecule has 0 radical (unpaired) electrons. The first-order valence-corrected chi connectivity index (χ1v) is 8.14. The highest BCUT2D eigenvalue weighted by atomic mass is 16.5. The number of ether oxygens (including phenoxy) is 1. The number of nitrogens with zero attached hydrogens (tertiary/aromatic N) is 1. The zero-order valence-corrected chi connectivity index (χ0v) is 13.2. The summed E-state index contributed by atoms with van der Waals surface area (Å²) in [7, 11) is 1.69. The number of nitrogens with one attached hydrogen (secondary N) is 1. The van der Waals surface area contributed by atoms with Crippen LogP contribution in [0.2, 0.25) is 0 Å². The number of amides is 1. The van der Waals surface area contributed by atoms with Gasteiger partial charge in [0.05, 0.1) is 12.8 Å². The third-order valence-corrected chi connectivity index (χ3v) is 5.30. The molecule has 1 aromatic carbocycles. The van der Waals surface area contributed by atoms with E-state index in [1.807, 2.05) is 11.0 Å². The van der Waals surface area contributed by atoms with Crippen molar-refractivity contribution < 1.29 is 9.53 Å². The van der Waals surface area contributed by atoms with Gasteiger partial charge in [0.2, 0.25) is 5.91 Å². The molecule has 1 aromatic rings. The molecule has 3 aliphatic rings. The van der Waals surface area contributed by atoms with E-state index in [1.54, 1.807) is 7.11 Å². The second-order valence-electron chi connectivity index (χ2n) is 6.55. The third-order valence-electron chi connectivity index (χ3n) is 5.30. The van der Waals surface area contributed by atoms with E-state index >= 15 is 0 Å². The molecule has 1 saturated heterocycles. The number of likely N-dealkylation sites (tertiary alicyclic amines) is 1. The van der Waals surface area contributed by atoms with Crippen LogP contribution in [0.15, 0.2) is 17.7 Å². The molecule has 1 N–H and O–H groups in total. The predicted octanol–water partition coefficient (Wildman–Crippen LogP) is 3.17. The molecule has 0 bridgehead atoms. The van der Waals surface area contributed by atoms with Crippen molar-refractivity contribution in [3.05, 3.63) is 28.8 Å². The molecule has 116 valence electrons. The molecule has 0 aromatic heterocycles. The fourth-order valence-electron chi connectivity index (χ4n) is 3.70. The molecule has 1 unspecified atom stereocenters. The molecule has 4 heteroatoms. The predicted molar refractivity (Wildman–Crippen MR) is 86.8 cm³/mol. The lowest BCUT2D eigenvalue weighted by Gasteiger charge is -2.35. The van der Waals surface area contributed by atoms with E-state index in [9.17, 15) is 4.79 Å². The molecule has 2 fully saturated rings. The first-order valence-electron chi connectivity index (χ1n) is 8.14. The van der Waals surface area contributed by atoms with Gasteiger partial charge in [-0.25, -0.2) is 0 Å². The fourth-order valence-corrected chi connectivity index (χ4v) is 3.70. The van der Waals surface area contributed by atoms with Crippen LogP contribution in [0.25, 0.3) is 6.08 Å². The van der Waals surface area contributed by atoms with Crippen molar-refractivity contribution in [2.45, 2.75) is 38.8 Å². The minimum Gasteiger partial charge on any atom is -0.495 e. The van der Waals surface area contributed by atoms with Crippen molar-refractivity contribution >= 4 is 17.7 Å². The molecule has 4 nitrogen and oxygen atoms in total. The summed E-state index contributed by atoms with van der Waals surface area (Å²) in [5, 5.41) is 3.57. The average Bonchev–Trinajstić information content (AvgIpc) is 2.87. The molecule has 1 aliphatic carbocycles. The number of hydrogen-bond donors (Lipinski definition) is 1. The lowest BCUT2D eigenvalue weighted by molar-refractivity contribution is -0.138. The Labute approximate surface area is 131 Å². The first-order chi connectivity index (χ1) is 10.7. The average molecular weight is 298 g/mol. The van der Waals surface area contributed by atoms with Crippen LogP contribution in [-0.4, -0.2) is 30.6 Å². The van der Waals surface area contributed by atoms with Crippen LogP contribution >= 0.6 is 0 Å². The Kier molecular flexibility index (Phi) is 3.13. The van der Waals surface area contributed by atoms with E-state index in [2.05, 4.69) is 24.4 Å². The SMILES string of the molecule is COc1ccc(C)c2c1NC1C(=C2)CCN1C(=O)C1CCC1. The normalized spacial score (nSPS) is 23.1. The van der Waals surface area contributed by atoms with Gasteiger partial charge in [0.1, 0.15) is 11.9 Å². The molecular formula is C18H22N2O2. The van der Waals surface area contributed by atoms with Gasteiger partial charge in [0.15, 0.2) is 0 Å². The van der Waals surface area contributed by atoms with Crippen molar-refractivity contribution in [2.24, 2.45) is 5.92 Å². The lowest BCUT2D eigenvalue weighted by atomic mass is 9.84. The van der Waals surface area contributed by atoms with Gasteiger partial charge in [-0.05, 0) is 49.5 Å². The molecule has 2 heterocycles. The summed E-state index contributed by atoms with van der Waals surface area (Å²) < 4.78 is 5.50. The highest BCUT2D eigenvalue weighted by Crippen LogP contribution is 2.42. The molecule has 2 aliphatic heterocycles. The van der Waals surface area contributed by atoms with Gasteiger partial charge in [0.25, 0.3) is 0 Å². The molecule has 1 atom stereocenters. The van der Waals surface area contributed by atoms with Crippen LogP contribution < -0.4 is 10.1 Å². The van der Waals surface area contributed by atoms with Crippen molar-refractivity contribution in [2.75, 3.05) is 19.0 Å². The summed E-state index contributed by atoms with van der Waals surface area (Å²) in [6, 6.07) is 4.08. The van der Waals surface area contributed by atoms with Crippen LogP contribution in [0, 0.1) is 12.8 Å². The topological polar surface area (TPSA) is 41.6 Å². The maximum absolute atomic E-state index is 12.6. The highest BCUT2D eigenvalue weighted by Gasteiger charge is 2.39. The summed E-state index contributed by atoms with van der Waals surface area (Å²) in [5.41, 5.74) is 4.77. The maximum atomic E-state index is 12.6. The van der Waals surface area contributed by atoms with Crippen molar-refractivity contribution in [3.63, 3.8) is 0 Å². The number of aryl methyl sites for hydroxylation is 1. The number of anilines is 1. The number of rotatable bonds is 2. The molecule has 1 amide bonds. The largest absolute Gasteiger partial charge is 0.495 e. The summed E-state index contributed by atoms with van der Waals surface area (Å²) in [6.45, 7) is 2.94. The standard InChI is InChI=1S/C18H22N2O2/c1-11-6-7-15(22-2)16-14(11)10-13-8-9-20(17(13)19-16)18(21)12-4-3-5-12/h6-7,10,12,17,19H,3-5,8-9H2,1-2H3. The van der Waals surface area contributed by atoms with Gasteiger partial charge in [0, 0.05) is 18.0 Å². The van der Waals surface area contributed by atoms with E-state index in [0.717, 1.165) is 37.2 Å². The Bertz CT molecular complexity index is 661. The number of benzene rings is 1. The quantitative estimate of drug-likeness (QED) is 0.912. The second kappa shape index (κ2) is 5.04. The molecular weight excluding hydrogens is 276 g/mol. The lowest BCUT2D eigenvalue weighted by Crippen LogP contribution is -2.46. The van der Waals surface area contributed by atoms with Crippen LogP contribution in [0.5, 0.6) is 5.75 Å². The Hall–Kier alpha value is -1.97. The van der Waals surface area contributed by atoms with E-state index < -0.39 is 0 Å². The van der Waals surface area contributed by atoms with Crippen LogP contribution in [0.4, 0.5) is 5.69 Å². The third kappa shape index (κ3) is 1.93. The summed E-state index contributed by atoms with van der Waals surface area (Å²) in [6.07, 6.45) is 6.53. The van der Waals surface area contributed by atoms with Crippen LogP contribution in [-0.2, 0) is 4.79 Å². The zero-order chi connectivity index (χ0) is 15.3. The van der Waals surface area contributed by atoms with Gasteiger partial charge in [-0.1, -0.05) is 12.5 Å². The van der Waals surface area contributed by atoms with E-state index in [-0.39, 0.29) is 12.1 Å². The van der Waals surface area contributed by atoms with Gasteiger partial charge in [-0.15, -0.1) is 0 Å². The van der Waals surface area contributed by atoms with Crippen LogP contribution in [0.1, 0.15) is 36.8 Å². The summed E-state index contributed by atoms with van der Waals surface area (Å²) in [5.74, 6) is 1.42. The van der Waals surface area contributed by atoms with Gasteiger partial charge in [-0.3, -0.25) is 4.79 Å². The fraction of sp³-hybridized carbons (Fsp3) is 0.500. The first kappa shape index (κ1) is 13.7. The Morgan fingerprint density at radius 2 is 2.18 bits per heavy atom. The second-order valence-corrected chi connectivity index (χ2v) is 6.55. The Morgan fingerprint density at radius 3 is 2.86 bits per heavy atom. The summed E-state index contributed by atoms with van der Waals surface area (Å²) >= 11 is 0. The van der Waals surface area contributed by atoms with E-state index in [0.29, 0.717) is 5.91 Å². The number of hydrogen-bond acceptors (Lipinski definition) is 3. The van der Waals surface area contributed by atoms with Crippen LogP contribution in [0.3, 0.4) is 0 Å². The molecule has 0 spiro atoms. The number of methoxy groups -OCH3 is 1. The Balaban J connectivity index is 1.68. The molecule has 4 rings (SSSR count). The number of fused-ring (bicyclic) bond motifs is 2. The smallest absolute Gasteiger partial charge is 0.227 e. The van der Waals surface area contributed by atoms with Gasteiger partial charge < -0.3 is 15.0 Å². The minimum absolute atomic E-state index is 0.0105. The van der Waals surface area contributed by atoms with E-state index in [4.69, 9.17) is 4.74 Å². The van der Waals surface area contributed by atoms with Crippen molar-refractivity contribution in [3.8, 4) is 5.75 Å². The molecule has 22 heavy (non-hydrogen) atoms. The van der Waals surface area contributed by atoms with Gasteiger partial charge >= 0.3 is 0 Å². The Morgan fingerprint density at radius 1 is 1.36 bits per heavy atom. The monoisotopic (exact) mass is 298 g/mol. The van der Waals surface area contributed by atoms with Gasteiger partial charge in [-0.2, -0.15) is 0 Å². The maximum Gasteiger partial charge on any atom is 0.227 e. The highest BCUT2D eigenvalue weighted by molar-refractivity contribution is 5.85.